The molecule has 5 heteroatoms. The standard InChI is InChI=1S/C7H15N3O2/c1-5(2)3-6(4-11)9-10-7(8)12/h4-6,9H,3H2,1-2H3,(H3,8,10,12)/t6-/m0/s1. The van der Waals surface area contributed by atoms with Gasteiger partial charge in [-0.1, -0.05) is 13.8 Å². The van der Waals surface area contributed by atoms with Gasteiger partial charge < -0.3 is 10.5 Å². The maximum Gasteiger partial charge on any atom is 0.326 e. The fourth-order valence-electron chi connectivity index (χ4n) is 0.820. The van der Waals surface area contributed by atoms with Crippen LogP contribution in [-0.4, -0.2) is 18.4 Å². The zero-order chi connectivity index (χ0) is 9.56. The molecule has 0 bridgehead atoms. The van der Waals surface area contributed by atoms with Gasteiger partial charge in [0, 0.05) is 0 Å². The number of hydrogen-bond acceptors (Lipinski definition) is 3. The van der Waals surface area contributed by atoms with Crippen LogP contribution in [0.1, 0.15) is 20.3 Å². The van der Waals surface area contributed by atoms with Crippen LogP contribution in [0.3, 0.4) is 0 Å². The lowest BCUT2D eigenvalue weighted by molar-refractivity contribution is -0.110. The summed E-state index contributed by atoms with van der Waals surface area (Å²) >= 11 is 0. The molecule has 0 rings (SSSR count). The van der Waals surface area contributed by atoms with Gasteiger partial charge >= 0.3 is 6.03 Å². The number of hydrogen-bond donors (Lipinski definition) is 3. The number of amides is 2. The summed E-state index contributed by atoms with van der Waals surface area (Å²) < 4.78 is 0. The zero-order valence-electron chi connectivity index (χ0n) is 7.33. The molecule has 0 radical (unpaired) electrons. The van der Waals surface area contributed by atoms with Crippen molar-refractivity contribution in [2.45, 2.75) is 26.3 Å². The predicted molar refractivity (Wildman–Crippen MR) is 45.2 cm³/mol. The second-order valence-electron chi connectivity index (χ2n) is 3.01. The number of rotatable bonds is 5. The zero-order valence-corrected chi connectivity index (χ0v) is 7.33. The second-order valence-corrected chi connectivity index (χ2v) is 3.01. The molecule has 0 aromatic rings. The highest BCUT2D eigenvalue weighted by Crippen LogP contribution is 2.01. The summed E-state index contributed by atoms with van der Waals surface area (Å²) in [6, 6.07) is -1.05. The highest BCUT2D eigenvalue weighted by atomic mass is 16.2. The minimum absolute atomic E-state index is 0.363. The third-order valence-corrected chi connectivity index (χ3v) is 1.27. The lowest BCUT2D eigenvalue weighted by Gasteiger charge is -2.13. The van der Waals surface area contributed by atoms with Gasteiger partial charge in [-0.3, -0.25) is 5.43 Å². The number of aldehydes is 1. The Labute approximate surface area is 71.7 Å². The van der Waals surface area contributed by atoms with E-state index in [4.69, 9.17) is 5.73 Å². The van der Waals surface area contributed by atoms with Crippen LogP contribution in [-0.2, 0) is 4.79 Å². The first kappa shape index (κ1) is 10.9. The monoisotopic (exact) mass is 173 g/mol. The van der Waals surface area contributed by atoms with Crippen LogP contribution in [0, 0.1) is 5.92 Å². The van der Waals surface area contributed by atoms with Crippen LogP contribution in [0.15, 0.2) is 0 Å². The second kappa shape index (κ2) is 5.54. The number of hydrazine groups is 1. The first-order chi connectivity index (χ1) is 5.56. The van der Waals surface area contributed by atoms with E-state index in [0.29, 0.717) is 12.3 Å². The number of carbonyl (C=O) groups excluding carboxylic acids is 2. The van der Waals surface area contributed by atoms with Crippen molar-refractivity contribution in [1.82, 2.24) is 10.9 Å². The number of nitrogens with two attached hydrogens (primary N) is 1. The minimum atomic E-state index is -0.689. The van der Waals surface area contributed by atoms with Gasteiger partial charge in [0.25, 0.3) is 0 Å². The van der Waals surface area contributed by atoms with Gasteiger partial charge in [0.05, 0.1) is 6.04 Å². The Kier molecular flexibility index (Phi) is 5.03. The Balaban J connectivity index is 3.67. The molecule has 0 aromatic heterocycles. The summed E-state index contributed by atoms with van der Waals surface area (Å²) in [5, 5.41) is 0. The molecule has 0 aliphatic rings. The van der Waals surface area contributed by atoms with Crippen molar-refractivity contribution >= 4 is 12.3 Å². The van der Waals surface area contributed by atoms with E-state index in [2.05, 4.69) is 10.9 Å². The normalized spacial score (nSPS) is 12.6. The van der Waals surface area contributed by atoms with Gasteiger partial charge in [-0.05, 0) is 12.3 Å². The lowest BCUT2D eigenvalue weighted by atomic mass is 10.1. The van der Waals surface area contributed by atoms with Crippen molar-refractivity contribution in [2.24, 2.45) is 11.7 Å². The SMILES string of the molecule is CC(C)C[C@@H](C=O)NNC(N)=O. The summed E-state index contributed by atoms with van der Waals surface area (Å²) in [6.07, 6.45) is 1.42. The van der Waals surface area contributed by atoms with Crippen LogP contribution < -0.4 is 16.6 Å². The minimum Gasteiger partial charge on any atom is -0.351 e. The highest BCUT2D eigenvalue weighted by Gasteiger charge is 2.08. The van der Waals surface area contributed by atoms with Crippen molar-refractivity contribution in [3.8, 4) is 0 Å². The molecule has 0 heterocycles. The third kappa shape index (κ3) is 5.67. The molecule has 0 aromatic carbocycles. The van der Waals surface area contributed by atoms with E-state index in [-0.39, 0.29) is 6.04 Å². The molecule has 2 amide bonds. The van der Waals surface area contributed by atoms with Gasteiger partial charge in [0.15, 0.2) is 0 Å². The van der Waals surface area contributed by atoms with Gasteiger partial charge in [0.1, 0.15) is 6.29 Å². The quantitative estimate of drug-likeness (QED) is 0.396. The van der Waals surface area contributed by atoms with Gasteiger partial charge in [0.2, 0.25) is 0 Å². The molecule has 0 fully saturated rings. The summed E-state index contributed by atoms with van der Waals surface area (Å²) in [7, 11) is 0. The molecule has 12 heavy (non-hydrogen) atoms. The van der Waals surface area contributed by atoms with Crippen LogP contribution >= 0.6 is 0 Å². The summed E-state index contributed by atoms with van der Waals surface area (Å²) in [6.45, 7) is 3.98. The Morgan fingerprint density at radius 1 is 1.58 bits per heavy atom. The highest BCUT2D eigenvalue weighted by molar-refractivity contribution is 5.71. The van der Waals surface area contributed by atoms with E-state index in [1.165, 1.54) is 0 Å². The van der Waals surface area contributed by atoms with Crippen LogP contribution in [0.2, 0.25) is 0 Å². The molecule has 0 saturated carbocycles. The number of carbonyl (C=O) groups is 2. The number of nitrogens with one attached hydrogen (secondary N) is 2. The average Bonchev–Trinajstić information content (AvgIpc) is 1.97. The largest absolute Gasteiger partial charge is 0.351 e. The van der Waals surface area contributed by atoms with E-state index in [9.17, 15) is 9.59 Å². The Bertz CT molecular complexity index is 159. The summed E-state index contributed by atoms with van der Waals surface area (Å²) in [4.78, 5) is 20.6. The van der Waals surface area contributed by atoms with Crippen LogP contribution in [0.5, 0.6) is 0 Å². The van der Waals surface area contributed by atoms with Crippen molar-refractivity contribution in [2.75, 3.05) is 0 Å². The maximum absolute atomic E-state index is 10.4. The smallest absolute Gasteiger partial charge is 0.326 e. The maximum atomic E-state index is 10.4. The number of primary amides is 1. The summed E-state index contributed by atoms with van der Waals surface area (Å²) in [5.74, 6) is 0.391. The van der Waals surface area contributed by atoms with E-state index in [1.807, 2.05) is 13.8 Å². The molecule has 0 spiro atoms. The van der Waals surface area contributed by atoms with E-state index < -0.39 is 6.03 Å². The van der Waals surface area contributed by atoms with Crippen LogP contribution in [0.4, 0.5) is 4.79 Å². The van der Waals surface area contributed by atoms with Crippen molar-refractivity contribution in [1.29, 1.82) is 0 Å². The predicted octanol–water partition coefficient (Wildman–Crippen LogP) is -0.227. The summed E-state index contributed by atoms with van der Waals surface area (Å²) in [5.41, 5.74) is 9.46. The average molecular weight is 173 g/mol. The molecular weight excluding hydrogens is 158 g/mol. The first-order valence-electron chi connectivity index (χ1n) is 3.82. The van der Waals surface area contributed by atoms with Crippen molar-refractivity contribution in [3.05, 3.63) is 0 Å². The van der Waals surface area contributed by atoms with E-state index >= 15 is 0 Å². The molecule has 0 aliphatic heterocycles. The first-order valence-corrected chi connectivity index (χ1v) is 3.82. The fourth-order valence-corrected chi connectivity index (χ4v) is 0.820. The molecule has 0 saturated heterocycles. The topological polar surface area (TPSA) is 84.2 Å². The Morgan fingerprint density at radius 2 is 2.17 bits per heavy atom. The van der Waals surface area contributed by atoms with Crippen molar-refractivity contribution in [3.63, 3.8) is 0 Å². The Morgan fingerprint density at radius 3 is 2.50 bits per heavy atom. The van der Waals surface area contributed by atoms with Gasteiger partial charge in [-0.2, -0.15) is 0 Å². The molecular formula is C7H15N3O2. The molecule has 70 valence electrons. The lowest BCUT2D eigenvalue weighted by Crippen LogP contribution is -2.47. The fraction of sp³-hybridized carbons (Fsp3) is 0.714. The Hall–Kier alpha value is -1.10. The van der Waals surface area contributed by atoms with E-state index in [0.717, 1.165) is 6.29 Å². The molecule has 4 N–H and O–H groups in total. The molecule has 0 unspecified atom stereocenters. The van der Waals surface area contributed by atoms with Gasteiger partial charge in [-0.25, -0.2) is 10.2 Å². The van der Waals surface area contributed by atoms with E-state index in [1.54, 1.807) is 0 Å². The van der Waals surface area contributed by atoms with Crippen molar-refractivity contribution < 1.29 is 9.59 Å². The van der Waals surface area contributed by atoms with Gasteiger partial charge in [-0.15, -0.1) is 0 Å². The molecule has 1 atom stereocenters. The number of urea groups is 1. The third-order valence-electron chi connectivity index (χ3n) is 1.27. The molecule has 0 aliphatic carbocycles. The molecule has 5 nitrogen and oxygen atoms in total. The van der Waals surface area contributed by atoms with Crippen LogP contribution in [0.25, 0.3) is 0 Å².